The number of sulfone groups is 1. The minimum Gasteiger partial charge on any atom is -0.271 e. The Bertz CT molecular complexity index is 814. The Morgan fingerprint density at radius 3 is 1.81 bits per heavy atom. The van der Waals surface area contributed by atoms with Gasteiger partial charge in [-0.25, -0.2) is 13.1 Å². The SMILES string of the molecule is CNS(=O)(=O)Nc1ccc(S(=O)(=O)c2ccccc2)cc1. The molecule has 2 aromatic carbocycles. The summed E-state index contributed by atoms with van der Waals surface area (Å²) in [6.45, 7) is 0. The van der Waals surface area contributed by atoms with Gasteiger partial charge in [0.2, 0.25) is 9.84 Å². The van der Waals surface area contributed by atoms with Gasteiger partial charge in [-0.3, -0.25) is 4.72 Å². The summed E-state index contributed by atoms with van der Waals surface area (Å²) in [6.07, 6.45) is 0. The van der Waals surface area contributed by atoms with Crippen molar-refractivity contribution in [2.45, 2.75) is 9.79 Å². The van der Waals surface area contributed by atoms with Gasteiger partial charge in [0.05, 0.1) is 9.79 Å². The standard InChI is InChI=1S/C13H14N2O4S2/c1-14-21(18,19)15-11-7-9-13(10-8-11)20(16,17)12-5-3-2-4-6-12/h2-10,14-15H,1H3. The largest absolute Gasteiger partial charge is 0.298 e. The molecular formula is C13H14N2O4S2. The quantitative estimate of drug-likeness (QED) is 0.868. The Morgan fingerprint density at radius 2 is 1.29 bits per heavy atom. The zero-order valence-electron chi connectivity index (χ0n) is 11.1. The molecule has 0 unspecified atom stereocenters. The Balaban J connectivity index is 2.32. The maximum absolute atomic E-state index is 12.3. The van der Waals surface area contributed by atoms with Gasteiger partial charge in [0.1, 0.15) is 0 Å². The maximum Gasteiger partial charge on any atom is 0.298 e. The highest BCUT2D eigenvalue weighted by Crippen LogP contribution is 2.22. The van der Waals surface area contributed by atoms with Crippen molar-refractivity contribution in [3.8, 4) is 0 Å². The highest BCUT2D eigenvalue weighted by molar-refractivity contribution is 7.91. The molecule has 0 radical (unpaired) electrons. The van der Waals surface area contributed by atoms with Crippen LogP contribution in [0.5, 0.6) is 0 Å². The van der Waals surface area contributed by atoms with Crippen LogP contribution in [0.25, 0.3) is 0 Å². The Labute approximate surface area is 123 Å². The number of hydrogen-bond donors (Lipinski definition) is 2. The van der Waals surface area contributed by atoms with Crippen LogP contribution in [0.15, 0.2) is 64.4 Å². The lowest BCUT2D eigenvalue weighted by Gasteiger charge is -2.08. The van der Waals surface area contributed by atoms with Crippen LogP contribution < -0.4 is 9.44 Å². The zero-order valence-corrected chi connectivity index (χ0v) is 12.8. The number of benzene rings is 2. The van der Waals surface area contributed by atoms with Gasteiger partial charge in [-0.15, -0.1) is 0 Å². The average Bonchev–Trinajstić information content (AvgIpc) is 2.48. The van der Waals surface area contributed by atoms with Crippen molar-refractivity contribution in [3.05, 3.63) is 54.6 Å². The molecule has 0 saturated heterocycles. The van der Waals surface area contributed by atoms with Crippen molar-refractivity contribution in [1.29, 1.82) is 0 Å². The van der Waals surface area contributed by atoms with Crippen LogP contribution in [-0.4, -0.2) is 23.9 Å². The summed E-state index contributed by atoms with van der Waals surface area (Å²) in [5, 5.41) is 0. The van der Waals surface area contributed by atoms with Crippen LogP contribution in [0.2, 0.25) is 0 Å². The van der Waals surface area contributed by atoms with E-state index in [1.165, 1.54) is 43.4 Å². The molecule has 6 nitrogen and oxygen atoms in total. The highest BCUT2D eigenvalue weighted by atomic mass is 32.2. The van der Waals surface area contributed by atoms with Crippen molar-refractivity contribution in [2.24, 2.45) is 0 Å². The summed E-state index contributed by atoms with van der Waals surface area (Å²) in [4.78, 5) is 0.287. The van der Waals surface area contributed by atoms with Gasteiger partial charge in [-0.2, -0.15) is 8.42 Å². The van der Waals surface area contributed by atoms with Crippen LogP contribution in [-0.2, 0) is 20.0 Å². The van der Waals surface area contributed by atoms with Crippen LogP contribution in [0.3, 0.4) is 0 Å². The van der Waals surface area contributed by atoms with E-state index in [1.807, 2.05) is 0 Å². The summed E-state index contributed by atoms with van der Waals surface area (Å²) in [7, 11) is -5.95. The van der Waals surface area contributed by atoms with E-state index in [2.05, 4.69) is 9.44 Å². The monoisotopic (exact) mass is 326 g/mol. The predicted molar refractivity (Wildman–Crippen MR) is 79.9 cm³/mol. The van der Waals surface area contributed by atoms with Crippen molar-refractivity contribution < 1.29 is 16.8 Å². The molecule has 0 aliphatic heterocycles. The van der Waals surface area contributed by atoms with E-state index in [-0.39, 0.29) is 15.5 Å². The number of rotatable bonds is 5. The maximum atomic E-state index is 12.3. The van der Waals surface area contributed by atoms with E-state index in [1.54, 1.807) is 18.2 Å². The highest BCUT2D eigenvalue weighted by Gasteiger charge is 2.17. The van der Waals surface area contributed by atoms with Gasteiger partial charge in [-0.1, -0.05) is 18.2 Å². The van der Waals surface area contributed by atoms with Crippen LogP contribution in [0.1, 0.15) is 0 Å². The molecule has 0 fully saturated rings. The summed E-state index contributed by atoms with van der Waals surface area (Å²) < 4.78 is 51.7. The first kappa shape index (κ1) is 15.5. The minimum atomic E-state index is -3.62. The van der Waals surface area contributed by atoms with Gasteiger partial charge in [0.15, 0.2) is 0 Å². The Kier molecular flexibility index (Phi) is 4.31. The van der Waals surface area contributed by atoms with Gasteiger partial charge < -0.3 is 0 Å². The van der Waals surface area contributed by atoms with Gasteiger partial charge in [0.25, 0.3) is 10.2 Å². The molecule has 0 aromatic heterocycles. The fourth-order valence-electron chi connectivity index (χ4n) is 1.64. The van der Waals surface area contributed by atoms with Crippen LogP contribution in [0, 0.1) is 0 Å². The van der Waals surface area contributed by atoms with E-state index >= 15 is 0 Å². The molecule has 112 valence electrons. The van der Waals surface area contributed by atoms with E-state index in [0.717, 1.165) is 0 Å². The topological polar surface area (TPSA) is 92.3 Å². The lowest BCUT2D eigenvalue weighted by atomic mass is 10.3. The third kappa shape index (κ3) is 3.60. The number of hydrogen-bond acceptors (Lipinski definition) is 4. The van der Waals surface area contributed by atoms with Gasteiger partial charge in [0, 0.05) is 12.7 Å². The van der Waals surface area contributed by atoms with Gasteiger partial charge in [-0.05, 0) is 36.4 Å². The fraction of sp³-hybridized carbons (Fsp3) is 0.0769. The summed E-state index contributed by atoms with van der Waals surface area (Å²) in [5.41, 5.74) is 0.274. The predicted octanol–water partition coefficient (Wildman–Crippen LogP) is 1.40. The Hall–Kier alpha value is -1.90. The molecular weight excluding hydrogens is 312 g/mol. The third-order valence-electron chi connectivity index (χ3n) is 2.74. The van der Waals surface area contributed by atoms with Crippen molar-refractivity contribution >= 4 is 25.7 Å². The molecule has 0 aliphatic rings. The first-order valence-corrected chi connectivity index (χ1v) is 8.93. The average molecular weight is 326 g/mol. The minimum absolute atomic E-state index is 0.0982. The van der Waals surface area contributed by atoms with E-state index in [9.17, 15) is 16.8 Å². The van der Waals surface area contributed by atoms with Crippen LogP contribution >= 0.6 is 0 Å². The molecule has 0 spiro atoms. The number of anilines is 1. The second-order valence-electron chi connectivity index (χ2n) is 4.15. The lowest BCUT2D eigenvalue weighted by molar-refractivity contribution is 0.593. The van der Waals surface area contributed by atoms with Crippen molar-refractivity contribution in [1.82, 2.24) is 4.72 Å². The number of nitrogens with one attached hydrogen (secondary N) is 2. The molecule has 0 aliphatic carbocycles. The normalized spacial score (nSPS) is 12.0. The molecule has 8 heteroatoms. The molecule has 0 amide bonds. The van der Waals surface area contributed by atoms with E-state index in [4.69, 9.17) is 0 Å². The molecule has 2 N–H and O–H groups in total. The summed E-state index contributed by atoms with van der Waals surface area (Å²) in [5.74, 6) is 0. The molecule has 0 saturated carbocycles. The van der Waals surface area contributed by atoms with E-state index < -0.39 is 20.0 Å². The third-order valence-corrected chi connectivity index (χ3v) is 5.57. The van der Waals surface area contributed by atoms with Gasteiger partial charge >= 0.3 is 0 Å². The summed E-state index contributed by atoms with van der Waals surface area (Å²) >= 11 is 0. The second-order valence-corrected chi connectivity index (χ2v) is 7.72. The lowest BCUT2D eigenvalue weighted by Crippen LogP contribution is -2.26. The molecule has 21 heavy (non-hydrogen) atoms. The molecule has 0 atom stereocenters. The molecule has 0 heterocycles. The molecule has 2 aromatic rings. The summed E-state index contributed by atoms with van der Waals surface area (Å²) in [6, 6.07) is 13.5. The van der Waals surface area contributed by atoms with Crippen molar-refractivity contribution in [3.63, 3.8) is 0 Å². The smallest absolute Gasteiger partial charge is 0.271 e. The molecule has 2 rings (SSSR count). The van der Waals surface area contributed by atoms with Crippen molar-refractivity contribution in [2.75, 3.05) is 11.8 Å². The second kappa shape index (κ2) is 5.84. The first-order valence-electron chi connectivity index (χ1n) is 5.97. The fourth-order valence-corrected chi connectivity index (χ4v) is 3.47. The van der Waals surface area contributed by atoms with Crippen LogP contribution in [0.4, 0.5) is 5.69 Å². The molecule has 0 bridgehead atoms. The Morgan fingerprint density at radius 1 is 0.762 bits per heavy atom. The first-order chi connectivity index (χ1) is 9.85. The zero-order chi connectivity index (χ0) is 15.5. The van der Waals surface area contributed by atoms with E-state index in [0.29, 0.717) is 0 Å².